The molecule has 0 saturated carbocycles. The molecule has 37 heavy (non-hydrogen) atoms. The molecule has 8 nitrogen and oxygen atoms in total. The summed E-state index contributed by atoms with van der Waals surface area (Å²) < 4.78 is 56.0. The van der Waals surface area contributed by atoms with Crippen LogP contribution in [0.15, 0.2) is 107 Å². The smallest absolute Gasteiger partial charge is 0.261 e. The van der Waals surface area contributed by atoms with Gasteiger partial charge in [-0.1, -0.05) is 36.4 Å². The lowest BCUT2D eigenvalue weighted by Gasteiger charge is -2.13. The Kier molecular flexibility index (Phi) is 7.33. The molecular formula is C27H25N3O5S2. The third-order valence-corrected chi connectivity index (χ3v) is 8.43. The molecule has 4 rings (SSSR count). The summed E-state index contributed by atoms with van der Waals surface area (Å²) in [7, 11) is -7.73. The molecular weight excluding hydrogens is 510 g/mol. The number of benzene rings is 4. The third kappa shape index (κ3) is 6.16. The molecule has 190 valence electrons. The molecule has 0 fully saturated rings. The Labute approximate surface area is 216 Å². The van der Waals surface area contributed by atoms with Crippen molar-refractivity contribution in [2.45, 2.75) is 23.6 Å². The van der Waals surface area contributed by atoms with Crippen LogP contribution < -0.4 is 14.8 Å². The normalized spacial score (nSPS) is 11.5. The number of rotatable bonds is 8. The third-order valence-electron chi connectivity index (χ3n) is 5.65. The number of carbonyl (C=O) groups is 1. The lowest BCUT2D eigenvalue weighted by molar-refractivity contribution is 0.102. The van der Waals surface area contributed by atoms with Crippen LogP contribution >= 0.6 is 0 Å². The Morgan fingerprint density at radius 1 is 0.595 bits per heavy atom. The maximum absolute atomic E-state index is 13.0. The van der Waals surface area contributed by atoms with Crippen LogP contribution in [0.4, 0.5) is 17.1 Å². The van der Waals surface area contributed by atoms with Crippen molar-refractivity contribution in [1.82, 2.24) is 0 Å². The zero-order chi connectivity index (χ0) is 26.6. The monoisotopic (exact) mass is 535 g/mol. The summed E-state index contributed by atoms with van der Waals surface area (Å²) in [6.07, 6.45) is 0. The van der Waals surface area contributed by atoms with Crippen LogP contribution in [0.1, 0.15) is 21.5 Å². The van der Waals surface area contributed by atoms with Gasteiger partial charge in [-0.15, -0.1) is 0 Å². The minimum Gasteiger partial charge on any atom is -0.322 e. The number of carbonyl (C=O) groups excluding carboxylic acids is 1. The summed E-state index contributed by atoms with van der Waals surface area (Å²) in [5.41, 5.74) is 3.03. The topological polar surface area (TPSA) is 121 Å². The fourth-order valence-electron chi connectivity index (χ4n) is 3.51. The van der Waals surface area contributed by atoms with Gasteiger partial charge in [-0.25, -0.2) is 16.8 Å². The van der Waals surface area contributed by atoms with E-state index in [2.05, 4.69) is 14.8 Å². The lowest BCUT2D eigenvalue weighted by Crippen LogP contribution is -2.18. The zero-order valence-electron chi connectivity index (χ0n) is 20.1. The number of nitrogens with one attached hydrogen (secondary N) is 3. The van der Waals surface area contributed by atoms with E-state index in [4.69, 9.17) is 0 Å². The highest BCUT2D eigenvalue weighted by atomic mass is 32.2. The van der Waals surface area contributed by atoms with Crippen molar-refractivity contribution in [3.63, 3.8) is 0 Å². The standard InChI is InChI=1S/C27H25N3O5S2/c1-19-12-13-22(18-20(19)2)29-36(32,33)24-16-14-21(15-17-24)28-27(31)25-10-6-7-11-26(25)30-37(34,35)23-8-4-3-5-9-23/h3-18,29-30H,1-2H3,(H,28,31). The first-order valence-corrected chi connectivity index (χ1v) is 14.2. The number of amides is 1. The molecule has 0 atom stereocenters. The van der Waals surface area contributed by atoms with Gasteiger partial charge in [0.05, 0.1) is 21.0 Å². The highest BCUT2D eigenvalue weighted by molar-refractivity contribution is 7.93. The predicted molar refractivity (Wildman–Crippen MR) is 145 cm³/mol. The first-order chi connectivity index (χ1) is 17.5. The van der Waals surface area contributed by atoms with Crippen LogP contribution in [0.2, 0.25) is 0 Å². The Hall–Kier alpha value is -4.15. The molecule has 4 aromatic carbocycles. The van der Waals surface area contributed by atoms with E-state index in [-0.39, 0.29) is 21.0 Å². The van der Waals surface area contributed by atoms with Gasteiger partial charge in [-0.2, -0.15) is 0 Å². The average Bonchev–Trinajstić information content (AvgIpc) is 2.87. The summed E-state index contributed by atoms with van der Waals surface area (Å²) in [5.74, 6) is -0.560. The van der Waals surface area contributed by atoms with E-state index in [9.17, 15) is 21.6 Å². The number of anilines is 3. The number of hydrogen-bond donors (Lipinski definition) is 3. The molecule has 0 aliphatic heterocycles. The molecule has 10 heteroatoms. The molecule has 0 aromatic heterocycles. The van der Waals surface area contributed by atoms with E-state index in [1.54, 1.807) is 42.5 Å². The minimum absolute atomic E-state index is 0.0275. The number of para-hydroxylation sites is 1. The molecule has 0 bridgehead atoms. The summed E-state index contributed by atoms with van der Waals surface area (Å²) in [4.78, 5) is 13.1. The quantitative estimate of drug-likeness (QED) is 0.288. The molecule has 1 amide bonds. The van der Waals surface area contributed by atoms with Crippen molar-refractivity contribution in [3.05, 3.63) is 114 Å². The molecule has 3 N–H and O–H groups in total. The van der Waals surface area contributed by atoms with Crippen molar-refractivity contribution in [3.8, 4) is 0 Å². The number of aryl methyl sites for hydroxylation is 2. The molecule has 0 saturated heterocycles. The van der Waals surface area contributed by atoms with E-state index in [1.807, 2.05) is 19.9 Å². The highest BCUT2D eigenvalue weighted by Crippen LogP contribution is 2.23. The van der Waals surface area contributed by atoms with Gasteiger partial charge in [0, 0.05) is 11.4 Å². The van der Waals surface area contributed by atoms with E-state index in [0.717, 1.165) is 11.1 Å². The Balaban J connectivity index is 1.49. The molecule has 0 spiro atoms. The van der Waals surface area contributed by atoms with Crippen molar-refractivity contribution in [2.24, 2.45) is 0 Å². The fraction of sp³-hybridized carbons (Fsp3) is 0.0741. The Bertz CT molecular complexity index is 1650. The largest absolute Gasteiger partial charge is 0.322 e. The fourth-order valence-corrected chi connectivity index (χ4v) is 5.66. The van der Waals surface area contributed by atoms with Gasteiger partial charge >= 0.3 is 0 Å². The Morgan fingerprint density at radius 3 is 1.84 bits per heavy atom. The number of sulfonamides is 2. The second-order valence-corrected chi connectivity index (χ2v) is 11.7. The summed E-state index contributed by atoms with van der Waals surface area (Å²) in [6.45, 7) is 3.84. The molecule has 0 aliphatic carbocycles. The van der Waals surface area contributed by atoms with E-state index in [0.29, 0.717) is 11.4 Å². The molecule has 0 unspecified atom stereocenters. The van der Waals surface area contributed by atoms with Crippen molar-refractivity contribution in [1.29, 1.82) is 0 Å². The predicted octanol–water partition coefficient (Wildman–Crippen LogP) is 5.16. The van der Waals surface area contributed by atoms with Gasteiger partial charge in [-0.3, -0.25) is 14.2 Å². The van der Waals surface area contributed by atoms with Gasteiger partial charge in [0.2, 0.25) is 0 Å². The van der Waals surface area contributed by atoms with Crippen molar-refractivity contribution >= 4 is 43.0 Å². The van der Waals surface area contributed by atoms with E-state index < -0.39 is 26.0 Å². The molecule has 0 heterocycles. The van der Waals surface area contributed by atoms with Crippen LogP contribution in [-0.4, -0.2) is 22.7 Å². The number of hydrogen-bond acceptors (Lipinski definition) is 5. The van der Waals surface area contributed by atoms with Gasteiger partial charge in [0.15, 0.2) is 0 Å². The van der Waals surface area contributed by atoms with Gasteiger partial charge < -0.3 is 5.32 Å². The summed E-state index contributed by atoms with van der Waals surface area (Å²) in [6, 6.07) is 25.0. The van der Waals surface area contributed by atoms with Crippen LogP contribution in [0.5, 0.6) is 0 Å². The average molecular weight is 536 g/mol. The SMILES string of the molecule is Cc1ccc(NS(=O)(=O)c2ccc(NC(=O)c3ccccc3NS(=O)(=O)c3ccccc3)cc2)cc1C. The van der Waals surface area contributed by atoms with Crippen LogP contribution in [0.25, 0.3) is 0 Å². The molecule has 0 radical (unpaired) electrons. The van der Waals surface area contributed by atoms with Crippen LogP contribution in [0, 0.1) is 13.8 Å². The van der Waals surface area contributed by atoms with Crippen LogP contribution in [-0.2, 0) is 20.0 Å². The van der Waals surface area contributed by atoms with Gasteiger partial charge in [0.25, 0.3) is 26.0 Å². The zero-order valence-corrected chi connectivity index (χ0v) is 21.7. The lowest BCUT2D eigenvalue weighted by atomic mass is 10.1. The van der Waals surface area contributed by atoms with Crippen LogP contribution in [0.3, 0.4) is 0 Å². The summed E-state index contributed by atoms with van der Waals surface area (Å²) >= 11 is 0. The van der Waals surface area contributed by atoms with E-state index in [1.165, 1.54) is 48.5 Å². The Morgan fingerprint density at radius 2 is 1.16 bits per heavy atom. The second kappa shape index (κ2) is 10.5. The van der Waals surface area contributed by atoms with Gasteiger partial charge in [0.1, 0.15) is 0 Å². The van der Waals surface area contributed by atoms with Gasteiger partial charge in [-0.05, 0) is 85.6 Å². The van der Waals surface area contributed by atoms with Crippen molar-refractivity contribution < 1.29 is 21.6 Å². The maximum atomic E-state index is 13.0. The maximum Gasteiger partial charge on any atom is 0.261 e. The second-order valence-electron chi connectivity index (χ2n) is 8.35. The minimum atomic E-state index is -3.90. The first kappa shape index (κ1) is 25.9. The molecule has 0 aliphatic rings. The van der Waals surface area contributed by atoms with Crippen molar-refractivity contribution in [2.75, 3.05) is 14.8 Å². The first-order valence-electron chi connectivity index (χ1n) is 11.2. The highest BCUT2D eigenvalue weighted by Gasteiger charge is 2.19. The van der Waals surface area contributed by atoms with E-state index >= 15 is 0 Å². The molecule has 4 aromatic rings. The summed E-state index contributed by atoms with van der Waals surface area (Å²) in [5, 5.41) is 2.68.